The molecule has 3 N–H and O–H groups in total. The Labute approximate surface area is 285 Å². The van der Waals surface area contributed by atoms with Crippen LogP contribution in [0.3, 0.4) is 0 Å². The minimum Gasteiger partial charge on any atom is -0.494 e. The van der Waals surface area contributed by atoms with Crippen LogP contribution in [0, 0.1) is 5.92 Å². The zero-order chi connectivity index (χ0) is 34.4. The summed E-state index contributed by atoms with van der Waals surface area (Å²) in [6, 6.07) is 10.7. The number of hydrogen-bond donors (Lipinski definition) is 2. The Kier molecular flexibility index (Phi) is 11.8. The summed E-state index contributed by atoms with van der Waals surface area (Å²) >= 11 is 0. The van der Waals surface area contributed by atoms with E-state index in [1.807, 2.05) is 24.1 Å². The number of fused-ring (bicyclic) bond motifs is 4. The van der Waals surface area contributed by atoms with Crippen LogP contribution in [-0.4, -0.2) is 68.1 Å². The summed E-state index contributed by atoms with van der Waals surface area (Å²) in [6.07, 6.45) is 11.9. The molecule has 3 atom stereocenters. The number of carbonyl (C=O) groups excluding carboxylic acids is 2. The highest BCUT2D eigenvalue weighted by Crippen LogP contribution is 2.40. The lowest BCUT2D eigenvalue weighted by atomic mass is 9.97. The maximum atomic E-state index is 13.7. The first kappa shape index (κ1) is 35.4. The van der Waals surface area contributed by atoms with Gasteiger partial charge in [-0.25, -0.2) is 9.97 Å². The van der Waals surface area contributed by atoms with E-state index in [0.717, 1.165) is 97.3 Å². The Balaban J connectivity index is 0.000000357. The standard InChI is InChI=1S/C29H34N6O2.C5H11NO.C4H10/c1-4-19-8-7-17-12-24(34(27(17)31-19)15-16-5-6-16)28-32-22-11-18(13-25(37-3)26(22)33(28)2)29(36)35-20-9-10-23(35)21(30)14-20;1-2-3-4-6-5-7;1-3-4-2/h7-8,11-13,16,20-21,23H,4-6,9-10,14-15,30H2,1-3H3;5H,2-4H2,1H3,(H,6,7);3-4H2,1-2H3. The van der Waals surface area contributed by atoms with Crippen molar-refractivity contribution >= 4 is 34.4 Å². The number of nitrogens with two attached hydrogens (primary N) is 1. The highest BCUT2D eigenvalue weighted by Gasteiger charge is 2.47. The van der Waals surface area contributed by atoms with Gasteiger partial charge in [0, 0.05) is 54.9 Å². The van der Waals surface area contributed by atoms with E-state index in [-0.39, 0.29) is 24.0 Å². The number of nitrogens with zero attached hydrogens (tertiary/aromatic N) is 5. The van der Waals surface area contributed by atoms with Gasteiger partial charge in [-0.3, -0.25) is 9.59 Å². The second-order valence-electron chi connectivity index (χ2n) is 13.5. The van der Waals surface area contributed by atoms with Crippen LogP contribution in [0.5, 0.6) is 5.75 Å². The van der Waals surface area contributed by atoms with Crippen molar-refractivity contribution in [3.05, 3.63) is 41.6 Å². The molecular weight excluding hydrogens is 602 g/mol. The first-order valence-electron chi connectivity index (χ1n) is 18.1. The maximum absolute atomic E-state index is 13.7. The molecule has 48 heavy (non-hydrogen) atoms. The molecule has 1 saturated carbocycles. The molecule has 4 aromatic rings. The number of aryl methyl sites for hydroxylation is 2. The third kappa shape index (κ3) is 7.38. The number of unbranched alkanes of at least 4 members (excludes halogenated alkanes) is 2. The number of pyridine rings is 1. The van der Waals surface area contributed by atoms with Crippen LogP contribution in [0.25, 0.3) is 33.6 Å². The molecule has 5 heterocycles. The van der Waals surface area contributed by atoms with Crippen molar-refractivity contribution < 1.29 is 14.3 Å². The molecule has 2 aliphatic heterocycles. The third-order valence-electron chi connectivity index (χ3n) is 10.0. The van der Waals surface area contributed by atoms with Crippen LogP contribution >= 0.6 is 0 Å². The Bertz CT molecular complexity index is 1700. The van der Waals surface area contributed by atoms with E-state index in [9.17, 15) is 9.59 Å². The second-order valence-corrected chi connectivity index (χ2v) is 13.5. The monoisotopic (exact) mass is 657 g/mol. The van der Waals surface area contributed by atoms with E-state index < -0.39 is 0 Å². The van der Waals surface area contributed by atoms with E-state index in [0.29, 0.717) is 17.2 Å². The minimum atomic E-state index is 0.0343. The summed E-state index contributed by atoms with van der Waals surface area (Å²) < 4.78 is 10.3. The Morgan fingerprint density at radius 1 is 1.04 bits per heavy atom. The number of methoxy groups -OCH3 is 1. The van der Waals surface area contributed by atoms with Gasteiger partial charge in [0.15, 0.2) is 5.82 Å². The normalized spacial score (nSPS) is 19.6. The lowest BCUT2D eigenvalue weighted by Gasteiger charge is -2.23. The van der Waals surface area contributed by atoms with Gasteiger partial charge in [0.2, 0.25) is 6.41 Å². The lowest BCUT2D eigenvalue weighted by molar-refractivity contribution is -0.109. The average molecular weight is 658 g/mol. The van der Waals surface area contributed by atoms with Crippen LogP contribution in [0.2, 0.25) is 0 Å². The first-order chi connectivity index (χ1) is 23.3. The molecule has 2 saturated heterocycles. The Morgan fingerprint density at radius 3 is 2.40 bits per heavy atom. The Hall–Kier alpha value is -3.92. The largest absolute Gasteiger partial charge is 0.494 e. The number of benzene rings is 1. The number of amides is 2. The van der Waals surface area contributed by atoms with Gasteiger partial charge in [-0.2, -0.15) is 0 Å². The number of ether oxygens (including phenoxy) is 1. The molecule has 3 unspecified atom stereocenters. The summed E-state index contributed by atoms with van der Waals surface area (Å²) in [7, 11) is 3.68. The maximum Gasteiger partial charge on any atom is 0.254 e. The molecular formula is C38H55N7O3. The van der Waals surface area contributed by atoms with Crippen molar-refractivity contribution in [1.82, 2.24) is 29.3 Å². The molecule has 2 bridgehead atoms. The molecule has 0 spiro atoms. The van der Waals surface area contributed by atoms with Crippen molar-refractivity contribution in [2.75, 3.05) is 13.7 Å². The number of imidazole rings is 1. The number of carbonyl (C=O) groups is 2. The topological polar surface area (TPSA) is 120 Å². The number of aromatic nitrogens is 4. The first-order valence-corrected chi connectivity index (χ1v) is 18.1. The van der Waals surface area contributed by atoms with Crippen LogP contribution in [0.1, 0.15) is 102 Å². The van der Waals surface area contributed by atoms with E-state index in [1.165, 1.54) is 25.7 Å². The summed E-state index contributed by atoms with van der Waals surface area (Å²) in [5.41, 5.74) is 11.8. The van der Waals surface area contributed by atoms with Gasteiger partial charge in [-0.1, -0.05) is 47.0 Å². The molecule has 1 aromatic carbocycles. The molecule has 3 aliphatic rings. The average Bonchev–Trinajstić information content (AvgIpc) is 3.42. The predicted molar refractivity (Wildman–Crippen MR) is 193 cm³/mol. The van der Waals surface area contributed by atoms with Crippen LogP contribution < -0.4 is 15.8 Å². The van der Waals surface area contributed by atoms with E-state index in [4.69, 9.17) is 20.4 Å². The molecule has 7 rings (SSSR count). The third-order valence-corrected chi connectivity index (χ3v) is 10.0. The Morgan fingerprint density at radius 2 is 1.81 bits per heavy atom. The summed E-state index contributed by atoms with van der Waals surface area (Å²) in [4.78, 5) is 35.3. The van der Waals surface area contributed by atoms with Crippen molar-refractivity contribution in [3.8, 4) is 17.3 Å². The number of rotatable bonds is 11. The lowest BCUT2D eigenvalue weighted by Crippen LogP contribution is -2.40. The zero-order valence-corrected chi connectivity index (χ0v) is 29.8. The van der Waals surface area contributed by atoms with Gasteiger partial charge in [0.05, 0.1) is 18.3 Å². The van der Waals surface area contributed by atoms with Gasteiger partial charge in [0.25, 0.3) is 5.91 Å². The molecule has 3 aromatic heterocycles. The zero-order valence-electron chi connectivity index (χ0n) is 29.8. The van der Waals surface area contributed by atoms with Gasteiger partial charge >= 0.3 is 0 Å². The van der Waals surface area contributed by atoms with Gasteiger partial charge in [0.1, 0.15) is 16.9 Å². The van der Waals surface area contributed by atoms with Crippen molar-refractivity contribution in [1.29, 1.82) is 0 Å². The minimum absolute atomic E-state index is 0.0343. The highest BCUT2D eigenvalue weighted by molar-refractivity contribution is 6.00. The summed E-state index contributed by atoms with van der Waals surface area (Å²) in [6.45, 7) is 10.4. The molecule has 2 amide bonds. The predicted octanol–water partition coefficient (Wildman–Crippen LogP) is 6.61. The molecule has 10 nitrogen and oxygen atoms in total. The fourth-order valence-corrected chi connectivity index (χ4v) is 6.95. The summed E-state index contributed by atoms with van der Waals surface area (Å²) in [5.74, 6) is 2.25. The van der Waals surface area contributed by atoms with Crippen molar-refractivity contribution in [2.45, 2.75) is 117 Å². The van der Waals surface area contributed by atoms with Crippen LogP contribution in [-0.2, 0) is 24.8 Å². The smallest absolute Gasteiger partial charge is 0.254 e. The van der Waals surface area contributed by atoms with E-state index in [2.05, 4.69) is 60.3 Å². The van der Waals surface area contributed by atoms with Gasteiger partial charge < -0.3 is 29.8 Å². The SMILES string of the molecule is CCCC.CCCCNC=O.CCc1ccc2cc(-c3nc4cc(C(=O)N5C6CCC5C(N)C6)cc(OC)c4n3C)n(CC3CC3)c2n1. The van der Waals surface area contributed by atoms with E-state index in [1.54, 1.807) is 7.11 Å². The van der Waals surface area contributed by atoms with Crippen molar-refractivity contribution in [2.24, 2.45) is 18.7 Å². The van der Waals surface area contributed by atoms with Gasteiger partial charge in [-0.15, -0.1) is 0 Å². The van der Waals surface area contributed by atoms with Crippen LogP contribution in [0.15, 0.2) is 30.3 Å². The highest BCUT2D eigenvalue weighted by atomic mass is 16.5. The number of hydrogen-bond acceptors (Lipinski definition) is 6. The number of nitrogens with one attached hydrogen (secondary N) is 1. The molecule has 260 valence electrons. The quantitative estimate of drug-likeness (QED) is 0.138. The molecule has 10 heteroatoms. The van der Waals surface area contributed by atoms with E-state index >= 15 is 0 Å². The van der Waals surface area contributed by atoms with Crippen molar-refractivity contribution in [3.63, 3.8) is 0 Å². The van der Waals surface area contributed by atoms with Gasteiger partial charge in [-0.05, 0) is 81.2 Å². The molecule has 1 aliphatic carbocycles. The second kappa shape index (κ2) is 16.0. The molecule has 3 fully saturated rings. The fourth-order valence-electron chi connectivity index (χ4n) is 6.95. The molecule has 0 radical (unpaired) electrons. The summed E-state index contributed by atoms with van der Waals surface area (Å²) in [5, 5.41) is 3.70. The fraction of sp³-hybridized carbons (Fsp3) is 0.579. The van der Waals surface area contributed by atoms with Crippen LogP contribution in [0.4, 0.5) is 0 Å².